The Morgan fingerprint density at radius 3 is 2.43 bits per heavy atom. The SMILES string of the molecule is CCC1OC(n2cc(/C=C/C(=O)NCCN(C)CCNC(=O)C(F)(F)F)c(=O)[nH]c2=O)CC1OP(OCCC#N)N(C(C)C)C(C)C. The third-order valence-corrected chi connectivity index (χ3v) is 9.18. The monoisotopic (exact) mass is 691 g/mol. The van der Waals surface area contributed by atoms with Crippen molar-refractivity contribution in [3.63, 3.8) is 0 Å². The molecule has 0 spiro atoms. The van der Waals surface area contributed by atoms with Gasteiger partial charge in [0.1, 0.15) is 6.23 Å². The zero-order valence-electron chi connectivity index (χ0n) is 27.5. The minimum atomic E-state index is -4.95. The van der Waals surface area contributed by atoms with E-state index in [1.165, 1.54) is 16.8 Å². The fourth-order valence-electron chi connectivity index (χ4n) is 4.76. The summed E-state index contributed by atoms with van der Waals surface area (Å²) in [6, 6.07) is 2.26. The van der Waals surface area contributed by atoms with E-state index in [2.05, 4.69) is 21.0 Å². The van der Waals surface area contributed by atoms with Gasteiger partial charge >= 0.3 is 17.8 Å². The van der Waals surface area contributed by atoms with Crippen LogP contribution in [0.15, 0.2) is 21.9 Å². The molecular weight excluding hydrogens is 646 g/mol. The van der Waals surface area contributed by atoms with Crippen LogP contribution in [-0.2, 0) is 23.4 Å². The van der Waals surface area contributed by atoms with Crippen molar-refractivity contribution >= 4 is 26.4 Å². The zero-order valence-corrected chi connectivity index (χ0v) is 28.4. The highest BCUT2D eigenvalue weighted by atomic mass is 31.2. The first-order valence-corrected chi connectivity index (χ1v) is 16.5. The summed E-state index contributed by atoms with van der Waals surface area (Å²) in [5.41, 5.74) is -1.36. The summed E-state index contributed by atoms with van der Waals surface area (Å²) in [5.74, 6) is -2.56. The average Bonchev–Trinajstić information content (AvgIpc) is 3.38. The number of hydrogen-bond donors (Lipinski definition) is 3. The van der Waals surface area contributed by atoms with Crippen molar-refractivity contribution in [1.82, 2.24) is 29.8 Å². The second-order valence-electron chi connectivity index (χ2n) is 11.4. The Kier molecular flexibility index (Phi) is 16.2. The number of aromatic amines is 1. The predicted octanol–water partition coefficient (Wildman–Crippen LogP) is 2.63. The van der Waals surface area contributed by atoms with E-state index in [0.717, 1.165) is 6.08 Å². The van der Waals surface area contributed by atoms with Gasteiger partial charge < -0.3 is 29.3 Å². The number of rotatable bonds is 18. The van der Waals surface area contributed by atoms with Crippen molar-refractivity contribution < 1.29 is 36.5 Å². The van der Waals surface area contributed by atoms with Gasteiger partial charge in [0.2, 0.25) is 5.91 Å². The number of nitriles is 1. The number of ether oxygens (including phenoxy) is 1. The molecule has 0 saturated carbocycles. The lowest BCUT2D eigenvalue weighted by atomic mass is 10.1. The summed E-state index contributed by atoms with van der Waals surface area (Å²) >= 11 is 0. The standard InChI is InChI=1S/C29H45F3N7O7P/c1-7-22-23(46-47(44-16-8-11-33)39(19(2)3)20(4)5)17-25(45-22)38-18-21(26(41)36-28(38)43)9-10-24(40)34-12-14-37(6)15-13-35-27(42)29(30,31)32/h9-10,18-20,22-23,25H,7-8,12-17H2,1-6H3,(H,34,40)(H,35,42)(H,36,41,43)/b10-9+. The van der Waals surface area contributed by atoms with Gasteiger partial charge in [0.15, 0.2) is 0 Å². The molecule has 4 unspecified atom stereocenters. The van der Waals surface area contributed by atoms with E-state index in [1.54, 1.807) is 17.3 Å². The molecule has 1 aliphatic heterocycles. The van der Waals surface area contributed by atoms with Crippen LogP contribution in [0.3, 0.4) is 0 Å². The molecule has 0 radical (unpaired) electrons. The van der Waals surface area contributed by atoms with Crippen LogP contribution in [-0.4, -0.2) is 101 Å². The van der Waals surface area contributed by atoms with Crippen molar-refractivity contribution in [3.8, 4) is 6.07 Å². The van der Waals surface area contributed by atoms with Crippen LogP contribution < -0.4 is 21.9 Å². The maximum atomic E-state index is 12.8. The lowest BCUT2D eigenvalue weighted by Gasteiger charge is -2.37. The van der Waals surface area contributed by atoms with Gasteiger partial charge in [-0.3, -0.25) is 23.9 Å². The second kappa shape index (κ2) is 19.0. The number of carbonyl (C=O) groups is 2. The Hall–Kier alpha value is -3.13. The number of nitrogens with zero attached hydrogens (tertiary/aromatic N) is 4. The molecule has 2 heterocycles. The van der Waals surface area contributed by atoms with Gasteiger partial charge in [0.05, 0.1) is 36.9 Å². The highest BCUT2D eigenvalue weighted by Crippen LogP contribution is 2.50. The van der Waals surface area contributed by atoms with Crippen LogP contribution in [0, 0.1) is 11.3 Å². The first-order chi connectivity index (χ1) is 22.1. The summed E-state index contributed by atoms with van der Waals surface area (Å²) in [6.07, 6.45) is -1.78. The second-order valence-corrected chi connectivity index (χ2v) is 12.8. The van der Waals surface area contributed by atoms with E-state index in [4.69, 9.17) is 19.0 Å². The van der Waals surface area contributed by atoms with E-state index >= 15 is 0 Å². The van der Waals surface area contributed by atoms with E-state index < -0.39 is 50.1 Å². The average molecular weight is 692 g/mol. The van der Waals surface area contributed by atoms with Gasteiger partial charge in [-0.2, -0.15) is 18.4 Å². The molecule has 1 aromatic heterocycles. The van der Waals surface area contributed by atoms with E-state index in [1.807, 2.05) is 34.6 Å². The van der Waals surface area contributed by atoms with Crippen LogP contribution in [0.2, 0.25) is 0 Å². The van der Waals surface area contributed by atoms with Crippen molar-refractivity contribution in [3.05, 3.63) is 38.7 Å². The minimum absolute atomic E-state index is 0.0335. The Morgan fingerprint density at radius 1 is 1.21 bits per heavy atom. The van der Waals surface area contributed by atoms with E-state index in [9.17, 15) is 32.3 Å². The zero-order chi connectivity index (χ0) is 35.3. The number of halogens is 3. The van der Waals surface area contributed by atoms with Crippen molar-refractivity contribution in [2.45, 2.75) is 90.6 Å². The lowest BCUT2D eigenvalue weighted by molar-refractivity contribution is -0.173. The molecule has 1 aliphatic rings. The first kappa shape index (κ1) is 40.0. The van der Waals surface area contributed by atoms with Crippen molar-refractivity contribution in [2.75, 3.05) is 39.8 Å². The molecule has 4 atom stereocenters. The van der Waals surface area contributed by atoms with E-state index in [-0.39, 0.29) is 69.4 Å². The molecule has 0 bridgehead atoms. The largest absolute Gasteiger partial charge is 0.471 e. The van der Waals surface area contributed by atoms with Gasteiger partial charge in [0.25, 0.3) is 14.1 Å². The Bertz CT molecular complexity index is 1360. The number of H-pyrrole nitrogens is 1. The van der Waals surface area contributed by atoms with Gasteiger partial charge in [0, 0.05) is 57.0 Å². The Morgan fingerprint density at radius 2 is 1.85 bits per heavy atom. The molecule has 2 amide bonds. The number of alkyl halides is 3. The van der Waals surface area contributed by atoms with Crippen LogP contribution >= 0.6 is 8.53 Å². The van der Waals surface area contributed by atoms with Crippen LogP contribution in [0.4, 0.5) is 13.2 Å². The smallest absolute Gasteiger partial charge is 0.352 e. The Balaban J connectivity index is 2.06. The molecule has 0 aromatic carbocycles. The van der Waals surface area contributed by atoms with Crippen LogP contribution in [0.5, 0.6) is 0 Å². The van der Waals surface area contributed by atoms with Gasteiger partial charge in [-0.25, -0.2) is 9.46 Å². The molecule has 2 rings (SSSR count). The lowest BCUT2D eigenvalue weighted by Crippen LogP contribution is -2.41. The fourth-order valence-corrected chi connectivity index (χ4v) is 6.51. The molecule has 1 saturated heterocycles. The van der Waals surface area contributed by atoms with Crippen LogP contribution in [0.25, 0.3) is 6.08 Å². The molecule has 0 aliphatic carbocycles. The third kappa shape index (κ3) is 12.8. The quantitative estimate of drug-likeness (QED) is 0.118. The molecule has 3 N–H and O–H groups in total. The number of aromatic nitrogens is 2. The molecule has 47 heavy (non-hydrogen) atoms. The number of carbonyl (C=O) groups excluding carboxylic acids is 2. The third-order valence-electron chi connectivity index (χ3n) is 7.02. The summed E-state index contributed by atoms with van der Waals surface area (Å²) in [5, 5.41) is 13.4. The highest BCUT2D eigenvalue weighted by molar-refractivity contribution is 7.44. The number of hydrogen-bond acceptors (Lipinski definition) is 10. The number of likely N-dealkylation sites (N-methyl/N-ethyl adjacent to an activating group) is 1. The summed E-state index contributed by atoms with van der Waals surface area (Å²) in [4.78, 5) is 52.4. The van der Waals surface area contributed by atoms with Gasteiger partial charge in [-0.1, -0.05) is 6.92 Å². The maximum Gasteiger partial charge on any atom is 0.471 e. The summed E-state index contributed by atoms with van der Waals surface area (Å²) in [7, 11) is 0.0559. The van der Waals surface area contributed by atoms with E-state index in [0.29, 0.717) is 6.42 Å². The fraction of sp³-hybridized carbons (Fsp3) is 0.690. The molecule has 18 heteroatoms. The molecule has 1 fully saturated rings. The van der Waals surface area contributed by atoms with Gasteiger partial charge in [-0.05, 0) is 47.2 Å². The van der Waals surface area contributed by atoms with Gasteiger partial charge in [-0.15, -0.1) is 0 Å². The topological polar surface area (TPSA) is 171 Å². The first-order valence-electron chi connectivity index (χ1n) is 15.3. The predicted molar refractivity (Wildman–Crippen MR) is 169 cm³/mol. The molecule has 264 valence electrons. The highest BCUT2D eigenvalue weighted by Gasteiger charge is 2.41. The Labute approximate surface area is 273 Å². The van der Waals surface area contributed by atoms with Crippen molar-refractivity contribution in [2.24, 2.45) is 0 Å². The minimum Gasteiger partial charge on any atom is -0.352 e. The number of nitrogens with one attached hydrogen (secondary N) is 3. The summed E-state index contributed by atoms with van der Waals surface area (Å²) < 4.78 is 58.8. The number of amides is 2. The maximum absolute atomic E-state index is 12.8. The molecule has 14 nitrogen and oxygen atoms in total. The molecular formula is C29H45F3N7O7P. The molecule has 1 aromatic rings. The van der Waals surface area contributed by atoms with Crippen LogP contribution in [0.1, 0.15) is 65.7 Å². The summed E-state index contributed by atoms with van der Waals surface area (Å²) in [6.45, 7) is 10.6. The van der Waals surface area contributed by atoms with Crippen molar-refractivity contribution in [1.29, 1.82) is 5.26 Å². The normalized spacial score (nSPS) is 19.2.